The van der Waals surface area contributed by atoms with Crippen molar-refractivity contribution in [1.29, 1.82) is 0 Å². The van der Waals surface area contributed by atoms with E-state index in [9.17, 15) is 14.0 Å². The van der Waals surface area contributed by atoms with Gasteiger partial charge in [0.05, 0.1) is 5.69 Å². The van der Waals surface area contributed by atoms with Crippen LogP contribution in [0.4, 0.5) is 9.18 Å². The highest BCUT2D eigenvalue weighted by Crippen LogP contribution is 2.22. The van der Waals surface area contributed by atoms with Crippen LogP contribution in [0.5, 0.6) is 0 Å². The molecule has 9 heteroatoms. The monoisotopic (exact) mass is 478 g/mol. The molecular weight excluding hydrogens is 447 g/mol. The average Bonchev–Trinajstić information content (AvgIpc) is 3.23. The molecule has 0 saturated carbocycles. The van der Waals surface area contributed by atoms with Crippen molar-refractivity contribution < 1.29 is 14.0 Å². The van der Waals surface area contributed by atoms with Gasteiger partial charge in [0.2, 0.25) is 5.91 Å². The summed E-state index contributed by atoms with van der Waals surface area (Å²) in [7, 11) is 0. The zero-order valence-corrected chi connectivity index (χ0v) is 20.1. The molecule has 3 aromatic rings. The Labute approximate surface area is 204 Å². The highest BCUT2D eigenvalue weighted by Gasteiger charge is 2.30. The standard InChI is InChI=1S/C26H31FN6O2/c1-18(2)33(26(28)35)22-9-13-31(14-10-22)25(34)17-32-23(15-19-3-5-21(27)6-4-19)16-24(30-32)20-7-11-29-12-8-20/h3-8,11-12,16,18,22H,9-10,13-15,17H2,1-2H3,(H2,28,35). The summed E-state index contributed by atoms with van der Waals surface area (Å²) < 4.78 is 15.1. The molecule has 184 valence electrons. The van der Waals surface area contributed by atoms with Crippen LogP contribution in [0.15, 0.2) is 54.9 Å². The molecule has 2 N–H and O–H groups in total. The van der Waals surface area contributed by atoms with Crippen molar-refractivity contribution in [3.05, 3.63) is 71.9 Å². The number of nitrogens with two attached hydrogens (primary N) is 1. The number of primary amides is 1. The number of hydrogen-bond acceptors (Lipinski definition) is 4. The van der Waals surface area contributed by atoms with Crippen LogP contribution >= 0.6 is 0 Å². The molecule has 0 atom stereocenters. The number of carbonyl (C=O) groups is 2. The van der Waals surface area contributed by atoms with Gasteiger partial charge in [-0.3, -0.25) is 14.5 Å². The Kier molecular flexibility index (Phi) is 7.43. The minimum absolute atomic E-state index is 0.0180. The van der Waals surface area contributed by atoms with Crippen molar-refractivity contribution in [3.63, 3.8) is 0 Å². The summed E-state index contributed by atoms with van der Waals surface area (Å²) >= 11 is 0. The Hall–Kier alpha value is -3.75. The average molecular weight is 479 g/mol. The van der Waals surface area contributed by atoms with Gasteiger partial charge in [-0.05, 0) is 62.6 Å². The molecule has 1 aliphatic heterocycles. The van der Waals surface area contributed by atoms with E-state index in [1.807, 2.05) is 36.9 Å². The fourth-order valence-corrected chi connectivity index (χ4v) is 4.69. The molecule has 4 rings (SSSR count). The number of aromatic nitrogens is 3. The maximum absolute atomic E-state index is 13.4. The zero-order valence-electron chi connectivity index (χ0n) is 20.1. The first-order chi connectivity index (χ1) is 16.8. The third-order valence-electron chi connectivity index (χ3n) is 6.44. The number of nitrogens with zero attached hydrogens (tertiary/aromatic N) is 5. The van der Waals surface area contributed by atoms with Gasteiger partial charge in [-0.1, -0.05) is 12.1 Å². The molecule has 0 radical (unpaired) electrons. The van der Waals surface area contributed by atoms with Gasteiger partial charge in [0.1, 0.15) is 12.4 Å². The molecule has 1 aliphatic rings. The lowest BCUT2D eigenvalue weighted by Gasteiger charge is -2.39. The van der Waals surface area contributed by atoms with Crippen LogP contribution in [0, 0.1) is 5.82 Å². The largest absolute Gasteiger partial charge is 0.351 e. The lowest BCUT2D eigenvalue weighted by Crippen LogP contribution is -2.53. The van der Waals surface area contributed by atoms with Crippen molar-refractivity contribution in [2.45, 2.75) is 51.7 Å². The van der Waals surface area contributed by atoms with Gasteiger partial charge in [-0.25, -0.2) is 9.18 Å². The highest BCUT2D eigenvalue weighted by molar-refractivity contribution is 5.76. The number of hydrogen-bond donors (Lipinski definition) is 1. The van der Waals surface area contributed by atoms with E-state index in [1.54, 1.807) is 34.1 Å². The van der Waals surface area contributed by atoms with E-state index in [0.717, 1.165) is 22.5 Å². The van der Waals surface area contributed by atoms with Gasteiger partial charge in [0.25, 0.3) is 0 Å². The van der Waals surface area contributed by atoms with Crippen molar-refractivity contribution in [2.24, 2.45) is 5.73 Å². The van der Waals surface area contributed by atoms with Crippen LogP contribution in [0.1, 0.15) is 37.9 Å². The predicted molar refractivity (Wildman–Crippen MR) is 131 cm³/mol. The van der Waals surface area contributed by atoms with E-state index >= 15 is 0 Å². The Bertz CT molecular complexity index is 1150. The minimum Gasteiger partial charge on any atom is -0.351 e. The molecule has 1 aromatic carbocycles. The normalized spacial score (nSPS) is 14.3. The lowest BCUT2D eigenvalue weighted by molar-refractivity contribution is -0.133. The second kappa shape index (κ2) is 10.7. The van der Waals surface area contributed by atoms with Crippen LogP contribution in [0.2, 0.25) is 0 Å². The van der Waals surface area contributed by atoms with Crippen LogP contribution in [-0.2, 0) is 17.8 Å². The molecule has 0 aliphatic carbocycles. The molecule has 35 heavy (non-hydrogen) atoms. The molecule has 0 unspecified atom stereocenters. The third kappa shape index (κ3) is 5.85. The number of pyridine rings is 1. The zero-order chi connectivity index (χ0) is 24.9. The molecular formula is C26H31FN6O2. The van der Waals surface area contributed by atoms with Crippen molar-refractivity contribution in [1.82, 2.24) is 24.6 Å². The maximum Gasteiger partial charge on any atom is 0.315 e. The minimum atomic E-state index is -0.421. The van der Waals surface area contributed by atoms with E-state index < -0.39 is 6.03 Å². The van der Waals surface area contributed by atoms with E-state index in [2.05, 4.69) is 4.98 Å². The van der Waals surface area contributed by atoms with Gasteiger partial charge in [-0.15, -0.1) is 0 Å². The number of benzene rings is 1. The van der Waals surface area contributed by atoms with Gasteiger partial charge >= 0.3 is 6.03 Å². The molecule has 8 nitrogen and oxygen atoms in total. The van der Waals surface area contributed by atoms with Crippen LogP contribution < -0.4 is 5.73 Å². The van der Waals surface area contributed by atoms with Gasteiger partial charge in [0, 0.05) is 55.2 Å². The third-order valence-corrected chi connectivity index (χ3v) is 6.44. The topological polar surface area (TPSA) is 97.3 Å². The number of carbonyl (C=O) groups excluding carboxylic acids is 2. The smallest absolute Gasteiger partial charge is 0.315 e. The van der Waals surface area contributed by atoms with Crippen LogP contribution in [-0.4, -0.2) is 61.7 Å². The summed E-state index contributed by atoms with van der Waals surface area (Å²) in [6.07, 6.45) is 5.31. The summed E-state index contributed by atoms with van der Waals surface area (Å²) in [5, 5.41) is 4.72. The Morgan fingerprint density at radius 3 is 2.37 bits per heavy atom. The summed E-state index contributed by atoms with van der Waals surface area (Å²) in [5.74, 6) is -0.311. The molecule has 0 bridgehead atoms. The highest BCUT2D eigenvalue weighted by atomic mass is 19.1. The summed E-state index contributed by atoms with van der Waals surface area (Å²) in [5.41, 5.74) is 9.04. The number of rotatable bonds is 7. The van der Waals surface area contributed by atoms with Crippen molar-refractivity contribution >= 4 is 11.9 Å². The number of amides is 3. The second-order valence-corrected chi connectivity index (χ2v) is 9.17. The molecule has 2 aromatic heterocycles. The summed E-state index contributed by atoms with van der Waals surface area (Å²) in [6.45, 7) is 5.12. The molecule has 3 heterocycles. The lowest BCUT2D eigenvalue weighted by atomic mass is 10.0. The van der Waals surface area contributed by atoms with Gasteiger partial charge < -0.3 is 15.5 Å². The van der Waals surface area contributed by atoms with E-state index in [1.165, 1.54) is 12.1 Å². The Balaban J connectivity index is 1.49. The quantitative estimate of drug-likeness (QED) is 0.562. The van der Waals surface area contributed by atoms with E-state index in [-0.39, 0.29) is 30.4 Å². The first-order valence-corrected chi connectivity index (χ1v) is 11.9. The van der Waals surface area contributed by atoms with Crippen molar-refractivity contribution in [3.8, 4) is 11.3 Å². The Morgan fingerprint density at radius 1 is 1.11 bits per heavy atom. The summed E-state index contributed by atoms with van der Waals surface area (Å²) in [6, 6.07) is 11.7. The molecule has 1 saturated heterocycles. The van der Waals surface area contributed by atoms with Crippen LogP contribution in [0.25, 0.3) is 11.3 Å². The van der Waals surface area contributed by atoms with E-state index in [0.29, 0.717) is 32.4 Å². The summed E-state index contributed by atoms with van der Waals surface area (Å²) in [4.78, 5) is 32.7. The van der Waals surface area contributed by atoms with Crippen LogP contribution in [0.3, 0.4) is 0 Å². The SMILES string of the molecule is CC(C)N(C(N)=O)C1CCN(C(=O)Cn2nc(-c3ccncc3)cc2Cc2ccc(F)cc2)CC1. The second-order valence-electron chi connectivity index (χ2n) is 9.17. The van der Waals surface area contributed by atoms with Crippen molar-refractivity contribution in [2.75, 3.05) is 13.1 Å². The van der Waals surface area contributed by atoms with Gasteiger partial charge in [0.15, 0.2) is 0 Å². The first-order valence-electron chi connectivity index (χ1n) is 11.9. The first kappa shape index (κ1) is 24.4. The number of halogens is 1. The number of piperidine rings is 1. The number of urea groups is 1. The predicted octanol–water partition coefficient (Wildman–Crippen LogP) is 3.46. The number of likely N-dealkylation sites (tertiary alicyclic amines) is 1. The fourth-order valence-electron chi connectivity index (χ4n) is 4.69. The Morgan fingerprint density at radius 2 is 1.77 bits per heavy atom. The van der Waals surface area contributed by atoms with Gasteiger partial charge in [-0.2, -0.15) is 5.10 Å². The fraction of sp³-hybridized carbons (Fsp3) is 0.385. The molecule has 0 spiro atoms. The van der Waals surface area contributed by atoms with E-state index in [4.69, 9.17) is 10.8 Å². The molecule has 3 amide bonds. The molecule has 1 fully saturated rings. The maximum atomic E-state index is 13.4.